The second kappa shape index (κ2) is 8.82. The van der Waals surface area contributed by atoms with E-state index in [0.717, 1.165) is 4.90 Å². The highest BCUT2D eigenvalue weighted by molar-refractivity contribution is 7.91. The van der Waals surface area contributed by atoms with Gasteiger partial charge in [-0.2, -0.15) is 0 Å². The van der Waals surface area contributed by atoms with Crippen LogP contribution in [0, 0.1) is 0 Å². The number of para-hydroxylation sites is 1. The SMILES string of the molecule is CCN(CC)C(=O)Cn1cc(S(=O)(=O)CCN2C(=O)c3ccccc3C2=O)c2ccccc21. The number of amides is 3. The summed E-state index contributed by atoms with van der Waals surface area (Å²) >= 11 is 0. The van der Waals surface area contributed by atoms with Crippen LogP contribution >= 0.6 is 0 Å². The van der Waals surface area contributed by atoms with Crippen LogP contribution in [0.15, 0.2) is 59.6 Å². The third kappa shape index (κ3) is 4.04. The predicted molar refractivity (Wildman–Crippen MR) is 124 cm³/mol. The van der Waals surface area contributed by atoms with Gasteiger partial charge in [0.2, 0.25) is 5.91 Å². The molecule has 0 saturated heterocycles. The van der Waals surface area contributed by atoms with Crippen molar-refractivity contribution in [1.29, 1.82) is 0 Å². The fourth-order valence-electron chi connectivity index (χ4n) is 4.18. The van der Waals surface area contributed by atoms with Gasteiger partial charge in [0.1, 0.15) is 6.54 Å². The third-order valence-corrected chi connectivity index (χ3v) is 7.69. The highest BCUT2D eigenvalue weighted by Gasteiger charge is 2.36. The van der Waals surface area contributed by atoms with Gasteiger partial charge in [0.15, 0.2) is 9.84 Å². The molecule has 8 nitrogen and oxygen atoms in total. The van der Waals surface area contributed by atoms with Crippen LogP contribution < -0.4 is 0 Å². The molecule has 9 heteroatoms. The minimum absolute atomic E-state index is 0.0239. The summed E-state index contributed by atoms with van der Waals surface area (Å²) < 4.78 is 28.2. The Hall–Kier alpha value is -3.46. The Balaban J connectivity index is 1.60. The van der Waals surface area contributed by atoms with Crippen molar-refractivity contribution >= 4 is 38.5 Å². The Morgan fingerprint density at radius 3 is 2.09 bits per heavy atom. The number of benzene rings is 2. The lowest BCUT2D eigenvalue weighted by atomic mass is 10.1. The molecule has 2 aromatic carbocycles. The fourth-order valence-corrected chi connectivity index (χ4v) is 5.62. The maximum atomic E-state index is 13.3. The standard InChI is InChI=1S/C24H25N3O5S/c1-3-25(4-2)22(28)16-26-15-21(19-11-7-8-12-20(19)26)33(31,32)14-13-27-23(29)17-9-5-6-10-18(17)24(27)30/h5-12,15H,3-4,13-14,16H2,1-2H3. The molecule has 0 radical (unpaired) electrons. The van der Waals surface area contributed by atoms with Crippen LogP contribution in [0.2, 0.25) is 0 Å². The van der Waals surface area contributed by atoms with Crippen molar-refractivity contribution in [3.8, 4) is 0 Å². The van der Waals surface area contributed by atoms with Crippen LogP contribution in [-0.4, -0.2) is 65.9 Å². The minimum atomic E-state index is -3.85. The summed E-state index contributed by atoms with van der Waals surface area (Å²) in [4.78, 5) is 40.5. The molecule has 172 valence electrons. The molecular weight excluding hydrogens is 442 g/mol. The van der Waals surface area contributed by atoms with E-state index in [9.17, 15) is 22.8 Å². The van der Waals surface area contributed by atoms with Gasteiger partial charge in [0.05, 0.1) is 21.8 Å². The van der Waals surface area contributed by atoms with Crippen molar-refractivity contribution in [3.63, 3.8) is 0 Å². The first-order valence-corrected chi connectivity index (χ1v) is 12.5. The Labute approximate surface area is 192 Å². The minimum Gasteiger partial charge on any atom is -0.342 e. The van der Waals surface area contributed by atoms with Gasteiger partial charge in [-0.1, -0.05) is 30.3 Å². The first-order chi connectivity index (χ1) is 15.8. The molecule has 1 aliphatic heterocycles. The molecule has 0 unspecified atom stereocenters. The molecule has 3 amide bonds. The van der Waals surface area contributed by atoms with Crippen molar-refractivity contribution in [2.75, 3.05) is 25.4 Å². The van der Waals surface area contributed by atoms with Crippen molar-refractivity contribution < 1.29 is 22.8 Å². The van der Waals surface area contributed by atoms with Gasteiger partial charge in [-0.15, -0.1) is 0 Å². The van der Waals surface area contributed by atoms with Crippen molar-refractivity contribution in [1.82, 2.24) is 14.4 Å². The van der Waals surface area contributed by atoms with Gasteiger partial charge in [-0.25, -0.2) is 8.42 Å². The second-order valence-corrected chi connectivity index (χ2v) is 9.91. The summed E-state index contributed by atoms with van der Waals surface area (Å²) in [6.45, 7) is 4.71. The molecule has 0 bridgehead atoms. The van der Waals surface area contributed by atoms with Crippen LogP contribution in [0.1, 0.15) is 34.6 Å². The van der Waals surface area contributed by atoms with E-state index < -0.39 is 27.4 Å². The zero-order valence-corrected chi connectivity index (χ0v) is 19.3. The molecule has 0 saturated carbocycles. The van der Waals surface area contributed by atoms with E-state index >= 15 is 0 Å². The molecule has 0 spiro atoms. The van der Waals surface area contributed by atoms with Crippen LogP contribution in [-0.2, 0) is 21.2 Å². The summed E-state index contributed by atoms with van der Waals surface area (Å²) in [6, 6.07) is 13.4. The predicted octanol–water partition coefficient (Wildman–Crippen LogP) is 2.58. The van der Waals surface area contributed by atoms with E-state index in [2.05, 4.69) is 0 Å². The van der Waals surface area contributed by atoms with E-state index in [1.165, 1.54) is 6.20 Å². The molecule has 2 heterocycles. The van der Waals surface area contributed by atoms with E-state index in [1.54, 1.807) is 58.0 Å². The number of hydrogen-bond acceptors (Lipinski definition) is 5. The molecule has 1 aliphatic rings. The van der Waals surface area contributed by atoms with E-state index in [-0.39, 0.29) is 35.0 Å². The van der Waals surface area contributed by atoms with Crippen LogP contribution in [0.4, 0.5) is 0 Å². The number of likely N-dealkylation sites (N-methyl/N-ethyl adjacent to an activating group) is 1. The van der Waals surface area contributed by atoms with Crippen molar-refractivity contribution in [3.05, 3.63) is 65.9 Å². The Morgan fingerprint density at radius 1 is 0.909 bits per heavy atom. The zero-order chi connectivity index (χ0) is 23.8. The summed E-state index contributed by atoms with van der Waals surface area (Å²) in [5.41, 5.74) is 1.20. The number of fused-ring (bicyclic) bond motifs is 2. The number of sulfone groups is 1. The van der Waals surface area contributed by atoms with Crippen molar-refractivity contribution in [2.24, 2.45) is 0 Å². The van der Waals surface area contributed by atoms with Gasteiger partial charge in [-0.05, 0) is 32.0 Å². The molecule has 33 heavy (non-hydrogen) atoms. The van der Waals surface area contributed by atoms with Gasteiger partial charge in [0.25, 0.3) is 11.8 Å². The molecule has 0 fully saturated rings. The lowest BCUT2D eigenvalue weighted by Gasteiger charge is -2.19. The maximum absolute atomic E-state index is 13.3. The molecule has 4 rings (SSSR count). The molecule has 0 aliphatic carbocycles. The molecule has 0 atom stereocenters. The third-order valence-electron chi connectivity index (χ3n) is 5.97. The lowest BCUT2D eigenvalue weighted by molar-refractivity contribution is -0.131. The van der Waals surface area contributed by atoms with Crippen molar-refractivity contribution in [2.45, 2.75) is 25.3 Å². The largest absolute Gasteiger partial charge is 0.342 e. The number of nitrogens with zero attached hydrogens (tertiary/aromatic N) is 3. The molecule has 0 N–H and O–H groups in total. The number of carbonyl (C=O) groups excluding carboxylic acids is 3. The highest BCUT2D eigenvalue weighted by Crippen LogP contribution is 2.28. The van der Waals surface area contributed by atoms with Gasteiger partial charge >= 0.3 is 0 Å². The van der Waals surface area contributed by atoms with E-state index in [0.29, 0.717) is 24.0 Å². The van der Waals surface area contributed by atoms with Gasteiger partial charge in [-0.3, -0.25) is 19.3 Å². The van der Waals surface area contributed by atoms with Crippen LogP contribution in [0.25, 0.3) is 10.9 Å². The number of rotatable bonds is 8. The number of hydrogen-bond donors (Lipinski definition) is 0. The average Bonchev–Trinajstić information content (AvgIpc) is 3.30. The lowest BCUT2D eigenvalue weighted by Crippen LogP contribution is -2.34. The number of imide groups is 1. The first kappa shape index (κ1) is 22.7. The second-order valence-electron chi connectivity index (χ2n) is 7.83. The summed E-state index contributed by atoms with van der Waals surface area (Å²) in [7, 11) is -3.85. The average molecular weight is 468 g/mol. The maximum Gasteiger partial charge on any atom is 0.261 e. The Bertz CT molecular complexity index is 1320. The zero-order valence-electron chi connectivity index (χ0n) is 18.5. The Kier molecular flexibility index (Phi) is 6.07. The number of carbonyl (C=O) groups is 3. The van der Waals surface area contributed by atoms with Crippen LogP contribution in [0.3, 0.4) is 0 Å². The monoisotopic (exact) mass is 467 g/mol. The first-order valence-electron chi connectivity index (χ1n) is 10.8. The summed E-state index contributed by atoms with van der Waals surface area (Å²) in [5.74, 6) is -1.48. The topological polar surface area (TPSA) is 96.8 Å². The normalized spacial score (nSPS) is 13.6. The molecule has 3 aromatic rings. The quantitative estimate of drug-likeness (QED) is 0.475. The molecule has 1 aromatic heterocycles. The van der Waals surface area contributed by atoms with Crippen LogP contribution in [0.5, 0.6) is 0 Å². The smallest absolute Gasteiger partial charge is 0.261 e. The fraction of sp³-hybridized carbons (Fsp3) is 0.292. The summed E-state index contributed by atoms with van der Waals surface area (Å²) in [5, 5.41) is 0.507. The highest BCUT2D eigenvalue weighted by atomic mass is 32.2. The Morgan fingerprint density at radius 2 is 1.48 bits per heavy atom. The van der Waals surface area contributed by atoms with Gasteiger partial charge in [0, 0.05) is 36.7 Å². The van der Waals surface area contributed by atoms with E-state index in [4.69, 9.17) is 0 Å². The summed E-state index contributed by atoms with van der Waals surface area (Å²) in [6.07, 6.45) is 1.48. The van der Waals surface area contributed by atoms with E-state index in [1.807, 2.05) is 13.8 Å². The molecular formula is C24H25N3O5S. The van der Waals surface area contributed by atoms with Gasteiger partial charge < -0.3 is 9.47 Å². The number of aromatic nitrogens is 1.